The number of ether oxygens (including phenoxy) is 7. The van der Waals surface area contributed by atoms with Gasteiger partial charge in [0.15, 0.2) is 5.78 Å². The molecule has 0 aromatic rings. The number of hydrogen-bond acceptors (Lipinski definition) is 16. The van der Waals surface area contributed by atoms with Crippen molar-refractivity contribution in [3.8, 4) is 0 Å². The number of rotatable bonds is 14. The number of carbonyl (C=O) groups excluding carboxylic acids is 5. The highest BCUT2D eigenvalue weighted by Crippen LogP contribution is 2.38. The molecular formula is C56H89NO16. The number of carbonyl (C=O) groups is 5. The fourth-order valence-electron chi connectivity index (χ4n) is 10.7. The number of esters is 1. The first-order valence-corrected chi connectivity index (χ1v) is 26.8. The van der Waals surface area contributed by atoms with E-state index >= 15 is 0 Å². The SMILES string of the molecule is CO[C@@H]1C[C@H](C[C@@H](C)[C@@H]2CC(=O)[C@H](C)/C=C(\C)[C@H](O)[C@@H](OC)C(=O)[C@H](C)C[C@H](C)/C=C/C=C/C=C(\C)C(OCCOCCOCCO)C[C@@H]3CC[C@@H](C)[C@@](O)(O3)C(=O)C(=O)N3CCCC[C@H]3C(=O)O2)CC[C@H]1O. The van der Waals surface area contributed by atoms with Gasteiger partial charge in [-0.05, 0) is 107 Å². The van der Waals surface area contributed by atoms with E-state index in [1.54, 1.807) is 40.9 Å². The monoisotopic (exact) mass is 1030 g/mol. The van der Waals surface area contributed by atoms with Crippen molar-refractivity contribution in [3.63, 3.8) is 0 Å². The Labute approximate surface area is 434 Å². The predicted molar refractivity (Wildman–Crippen MR) is 273 cm³/mol. The minimum absolute atomic E-state index is 0.0192. The van der Waals surface area contributed by atoms with Gasteiger partial charge in [-0.1, -0.05) is 71.1 Å². The van der Waals surface area contributed by atoms with Crippen molar-refractivity contribution in [2.24, 2.45) is 35.5 Å². The third kappa shape index (κ3) is 18.4. The lowest BCUT2D eigenvalue weighted by Gasteiger charge is -2.43. The number of methoxy groups -OCH3 is 2. The smallest absolute Gasteiger partial charge is 0.329 e. The number of piperidine rings is 1. The second-order valence-corrected chi connectivity index (χ2v) is 21.2. The van der Waals surface area contributed by atoms with Crippen molar-refractivity contribution in [2.45, 2.75) is 180 Å². The Morgan fingerprint density at radius 1 is 0.822 bits per heavy atom. The van der Waals surface area contributed by atoms with E-state index in [0.717, 1.165) is 5.57 Å². The van der Waals surface area contributed by atoms with Gasteiger partial charge in [-0.15, -0.1) is 0 Å². The zero-order chi connectivity index (χ0) is 53.8. The Hall–Kier alpha value is -3.49. The van der Waals surface area contributed by atoms with Crippen LogP contribution in [0.2, 0.25) is 0 Å². The van der Waals surface area contributed by atoms with Gasteiger partial charge < -0.3 is 58.5 Å². The summed E-state index contributed by atoms with van der Waals surface area (Å²) in [5.41, 5.74) is 1.20. The molecular weight excluding hydrogens is 943 g/mol. The van der Waals surface area contributed by atoms with Gasteiger partial charge >= 0.3 is 5.97 Å². The van der Waals surface area contributed by atoms with E-state index in [4.69, 9.17) is 38.3 Å². The molecule has 17 nitrogen and oxygen atoms in total. The molecule has 0 aromatic carbocycles. The van der Waals surface area contributed by atoms with Crippen molar-refractivity contribution in [1.29, 1.82) is 0 Å². The second kappa shape index (κ2) is 30.9. The van der Waals surface area contributed by atoms with Crippen LogP contribution in [0.5, 0.6) is 0 Å². The van der Waals surface area contributed by atoms with Gasteiger partial charge in [0.1, 0.15) is 30.1 Å². The lowest BCUT2D eigenvalue weighted by atomic mass is 9.78. The van der Waals surface area contributed by atoms with Gasteiger partial charge in [0, 0.05) is 51.4 Å². The number of aliphatic hydroxyl groups is 4. The summed E-state index contributed by atoms with van der Waals surface area (Å²) in [6, 6.07) is -1.17. The number of Topliss-reactive ketones (excluding diaryl/α,β-unsaturated/α-hetero) is 3. The van der Waals surface area contributed by atoms with E-state index in [1.165, 1.54) is 12.0 Å². The highest BCUT2D eigenvalue weighted by molar-refractivity contribution is 6.39. The Bertz CT molecular complexity index is 1900. The minimum Gasteiger partial charge on any atom is -0.460 e. The van der Waals surface area contributed by atoms with Crippen LogP contribution in [0.1, 0.15) is 126 Å². The molecule has 1 amide bonds. The van der Waals surface area contributed by atoms with Crippen molar-refractivity contribution in [3.05, 3.63) is 47.6 Å². The largest absolute Gasteiger partial charge is 0.460 e. The normalized spacial score (nSPS) is 37.3. The summed E-state index contributed by atoms with van der Waals surface area (Å²) in [5.74, 6) is -8.31. The summed E-state index contributed by atoms with van der Waals surface area (Å²) in [5, 5.41) is 43.1. The number of amides is 1. The van der Waals surface area contributed by atoms with E-state index in [2.05, 4.69) is 0 Å². The molecule has 3 fully saturated rings. The van der Waals surface area contributed by atoms with E-state index in [-0.39, 0.29) is 87.7 Å². The van der Waals surface area contributed by atoms with Gasteiger partial charge in [-0.3, -0.25) is 19.2 Å². The Balaban J connectivity index is 1.69. The van der Waals surface area contributed by atoms with E-state index in [0.29, 0.717) is 76.6 Å². The molecule has 4 N–H and O–H groups in total. The first kappa shape index (κ1) is 62.1. The molecule has 73 heavy (non-hydrogen) atoms. The molecule has 0 radical (unpaired) electrons. The summed E-state index contributed by atoms with van der Waals surface area (Å²) in [7, 11) is 2.93. The summed E-state index contributed by atoms with van der Waals surface area (Å²) in [6.07, 6.45) is 10.4. The van der Waals surface area contributed by atoms with Crippen molar-refractivity contribution in [1.82, 2.24) is 4.90 Å². The zero-order valence-corrected chi connectivity index (χ0v) is 45.1. The first-order valence-electron chi connectivity index (χ1n) is 26.8. The topological polar surface area (TPSA) is 234 Å². The van der Waals surface area contributed by atoms with Crippen molar-refractivity contribution in [2.75, 3.05) is 60.4 Å². The van der Waals surface area contributed by atoms with E-state index < -0.39 is 83.9 Å². The maximum absolute atomic E-state index is 14.5. The number of allylic oxidation sites excluding steroid dienone is 6. The van der Waals surface area contributed by atoms with Crippen molar-refractivity contribution >= 4 is 29.2 Å². The Kier molecular flexibility index (Phi) is 26.3. The molecule has 2 bridgehead atoms. The number of aliphatic hydroxyl groups excluding tert-OH is 3. The van der Waals surface area contributed by atoms with Gasteiger partial charge in [0.05, 0.1) is 64.1 Å². The highest BCUT2D eigenvalue weighted by Gasteiger charge is 2.53. The van der Waals surface area contributed by atoms with Crippen LogP contribution in [0.4, 0.5) is 0 Å². The van der Waals surface area contributed by atoms with Crippen LogP contribution < -0.4 is 0 Å². The molecule has 0 spiro atoms. The predicted octanol–water partition coefficient (Wildman–Crippen LogP) is 5.58. The third-order valence-corrected chi connectivity index (χ3v) is 15.3. The Morgan fingerprint density at radius 2 is 1.53 bits per heavy atom. The van der Waals surface area contributed by atoms with Crippen LogP contribution in [0, 0.1) is 35.5 Å². The van der Waals surface area contributed by atoms with Crippen LogP contribution in [0.25, 0.3) is 0 Å². The summed E-state index contributed by atoms with van der Waals surface area (Å²) >= 11 is 0. The van der Waals surface area contributed by atoms with Gasteiger partial charge in [-0.25, -0.2) is 4.79 Å². The maximum atomic E-state index is 14.5. The highest BCUT2D eigenvalue weighted by atomic mass is 16.6. The number of ketones is 3. The number of fused-ring (bicyclic) bond motifs is 3. The minimum atomic E-state index is -2.49. The number of nitrogens with zero attached hydrogens (tertiary/aromatic N) is 1. The van der Waals surface area contributed by atoms with Gasteiger partial charge in [-0.2, -0.15) is 0 Å². The molecule has 3 aliphatic heterocycles. The lowest BCUT2D eigenvalue weighted by molar-refractivity contribution is -0.266. The number of cyclic esters (lactones) is 1. The quantitative estimate of drug-likeness (QED) is 0.0720. The lowest BCUT2D eigenvalue weighted by Crippen LogP contribution is -2.61. The molecule has 15 atom stereocenters. The van der Waals surface area contributed by atoms with Crippen LogP contribution in [-0.2, 0) is 57.1 Å². The molecule has 414 valence electrons. The van der Waals surface area contributed by atoms with Crippen LogP contribution >= 0.6 is 0 Å². The number of hydrogen-bond donors (Lipinski definition) is 4. The maximum Gasteiger partial charge on any atom is 0.329 e. The van der Waals surface area contributed by atoms with Crippen LogP contribution in [0.3, 0.4) is 0 Å². The van der Waals surface area contributed by atoms with Gasteiger partial charge in [0.2, 0.25) is 5.79 Å². The van der Waals surface area contributed by atoms with E-state index in [1.807, 2.05) is 51.2 Å². The van der Waals surface area contributed by atoms with Crippen LogP contribution in [0.15, 0.2) is 47.6 Å². The fraction of sp³-hybridized carbons (Fsp3) is 0.768. The molecule has 0 aromatic heterocycles. The molecule has 1 unspecified atom stereocenters. The summed E-state index contributed by atoms with van der Waals surface area (Å²) in [4.78, 5) is 72.5. The average Bonchev–Trinajstić information content (AvgIpc) is 3.37. The standard InChI is InChI=1S/C56H89NO16/c1-35-15-11-10-12-16-36(2)47(71-28-27-70-26-25-69-24-23-58)33-43-20-18-41(7)56(66,73-43)53(63)54(64)57-22-14-13-17-44(57)55(65)72-48(38(4)31-42-19-21-45(59)49(32-42)67-8)34-46(60)37(3)30-40(6)51(62)52(68-9)50(61)39(5)29-35/h10-12,15-16,30,35,37-39,41-45,47-49,51-52,58-59,62,66H,13-14,17-29,31-34H2,1-9H3/b12-10+,15-11+,36-16+,40-30+/t35-,37-,38-,39-,41-,42+,43+,44+,45-,47?,48+,49-,51+,52+,56-/m1/s1. The van der Waals surface area contributed by atoms with Crippen molar-refractivity contribution < 1.29 is 77.6 Å². The van der Waals surface area contributed by atoms with Gasteiger partial charge in [0.25, 0.3) is 11.7 Å². The first-order chi connectivity index (χ1) is 34.7. The average molecular weight is 1030 g/mol. The van der Waals surface area contributed by atoms with Crippen LogP contribution in [-0.4, -0.2) is 170 Å². The third-order valence-electron chi connectivity index (χ3n) is 15.3. The molecule has 1 saturated carbocycles. The molecule has 17 heteroatoms. The van der Waals surface area contributed by atoms with E-state index in [9.17, 15) is 39.3 Å². The summed E-state index contributed by atoms with van der Waals surface area (Å²) < 4.78 is 41.0. The molecule has 3 heterocycles. The fourth-order valence-corrected chi connectivity index (χ4v) is 10.7. The molecule has 4 rings (SSSR count). The summed E-state index contributed by atoms with van der Waals surface area (Å²) in [6.45, 7) is 13.8. The molecule has 2 saturated heterocycles. The second-order valence-electron chi connectivity index (χ2n) is 21.2. The Morgan fingerprint density at radius 3 is 2.23 bits per heavy atom. The zero-order valence-electron chi connectivity index (χ0n) is 45.1. The molecule has 1 aliphatic carbocycles. The molecule has 4 aliphatic rings.